The molecule has 1 aromatic carbocycles. The van der Waals surface area contributed by atoms with E-state index < -0.39 is 0 Å². The first-order valence-corrected chi connectivity index (χ1v) is 9.09. The smallest absolute Gasteiger partial charge is 0.258 e. The van der Waals surface area contributed by atoms with Gasteiger partial charge in [-0.05, 0) is 38.3 Å². The van der Waals surface area contributed by atoms with Crippen LogP contribution in [0.15, 0.2) is 24.5 Å². The minimum atomic E-state index is -0.251. The van der Waals surface area contributed by atoms with Crippen LogP contribution in [0.1, 0.15) is 47.2 Å². The lowest BCUT2D eigenvalue weighted by Crippen LogP contribution is -2.34. The number of amides is 2. The van der Waals surface area contributed by atoms with Crippen LogP contribution in [-0.4, -0.2) is 44.6 Å². The van der Waals surface area contributed by atoms with E-state index in [0.29, 0.717) is 5.56 Å². The van der Waals surface area contributed by atoms with E-state index in [2.05, 4.69) is 15.4 Å². The third-order valence-electron chi connectivity index (χ3n) is 4.64. The largest absolute Gasteiger partial charge is 0.341 e. The molecule has 3 rings (SSSR count). The molecule has 26 heavy (non-hydrogen) atoms. The molecule has 1 fully saturated rings. The van der Waals surface area contributed by atoms with Crippen molar-refractivity contribution in [2.75, 3.05) is 18.4 Å². The van der Waals surface area contributed by atoms with Gasteiger partial charge in [0, 0.05) is 18.7 Å². The Morgan fingerprint density at radius 3 is 2.54 bits per heavy atom. The second-order valence-electron chi connectivity index (χ2n) is 6.83. The van der Waals surface area contributed by atoms with Crippen LogP contribution in [0.4, 0.5) is 5.95 Å². The van der Waals surface area contributed by atoms with Gasteiger partial charge in [-0.2, -0.15) is 0 Å². The Morgan fingerprint density at radius 1 is 1.12 bits per heavy atom. The molecule has 1 aliphatic rings. The van der Waals surface area contributed by atoms with Crippen molar-refractivity contribution >= 4 is 17.8 Å². The number of likely N-dealkylation sites (tertiary alicyclic amines) is 1. The fraction of sp³-hybridized carbons (Fsp3) is 0.474. The van der Waals surface area contributed by atoms with Crippen molar-refractivity contribution in [3.8, 4) is 0 Å². The lowest BCUT2D eigenvalue weighted by Gasteiger charge is -2.19. The summed E-state index contributed by atoms with van der Waals surface area (Å²) in [6.45, 7) is 5.65. The number of nitrogens with one attached hydrogen (secondary N) is 1. The maximum Gasteiger partial charge on any atom is 0.258 e. The van der Waals surface area contributed by atoms with Gasteiger partial charge in [-0.15, -0.1) is 5.10 Å². The van der Waals surface area contributed by atoms with E-state index in [4.69, 9.17) is 0 Å². The van der Waals surface area contributed by atoms with Crippen LogP contribution in [0.25, 0.3) is 0 Å². The van der Waals surface area contributed by atoms with Gasteiger partial charge < -0.3 is 4.90 Å². The molecule has 0 saturated carbocycles. The molecule has 1 saturated heterocycles. The molecule has 138 valence electrons. The summed E-state index contributed by atoms with van der Waals surface area (Å²) >= 11 is 0. The Hall–Kier alpha value is -2.70. The van der Waals surface area contributed by atoms with Crippen LogP contribution < -0.4 is 5.32 Å². The second-order valence-corrected chi connectivity index (χ2v) is 6.83. The maximum atomic E-state index is 12.4. The van der Waals surface area contributed by atoms with Gasteiger partial charge in [0.15, 0.2) is 0 Å². The zero-order valence-electron chi connectivity index (χ0n) is 15.4. The van der Waals surface area contributed by atoms with Crippen molar-refractivity contribution in [2.45, 2.75) is 46.1 Å². The lowest BCUT2D eigenvalue weighted by molar-refractivity contribution is -0.132. The molecule has 1 aliphatic heterocycles. The number of carbonyl (C=O) groups excluding carboxylic acids is 2. The average Bonchev–Trinajstić information content (AvgIpc) is 2.85. The van der Waals surface area contributed by atoms with Gasteiger partial charge in [0.2, 0.25) is 11.9 Å². The van der Waals surface area contributed by atoms with Crippen LogP contribution in [0.2, 0.25) is 0 Å². The van der Waals surface area contributed by atoms with Crippen LogP contribution in [0, 0.1) is 13.8 Å². The number of carbonyl (C=O) groups is 2. The van der Waals surface area contributed by atoms with E-state index in [1.165, 1.54) is 23.9 Å². The highest BCUT2D eigenvalue weighted by molar-refractivity contribution is 6.04. The number of benzene rings is 1. The highest BCUT2D eigenvalue weighted by Gasteiger charge is 2.17. The van der Waals surface area contributed by atoms with Crippen molar-refractivity contribution in [3.63, 3.8) is 0 Å². The van der Waals surface area contributed by atoms with E-state index >= 15 is 0 Å². The van der Waals surface area contributed by atoms with E-state index in [1.807, 2.05) is 30.9 Å². The van der Waals surface area contributed by atoms with Crippen molar-refractivity contribution in [1.29, 1.82) is 0 Å². The van der Waals surface area contributed by atoms with E-state index in [0.717, 1.165) is 37.1 Å². The second kappa shape index (κ2) is 8.12. The maximum absolute atomic E-state index is 12.4. The predicted molar refractivity (Wildman–Crippen MR) is 98.9 cm³/mol. The number of nitrogens with zero attached hydrogens (tertiary/aromatic N) is 4. The number of anilines is 1. The van der Waals surface area contributed by atoms with Crippen molar-refractivity contribution in [3.05, 3.63) is 41.2 Å². The number of hydrogen-bond acceptors (Lipinski definition) is 4. The minimum Gasteiger partial charge on any atom is -0.341 e. The van der Waals surface area contributed by atoms with Gasteiger partial charge in [0.1, 0.15) is 12.9 Å². The molecule has 7 heteroatoms. The molecule has 7 nitrogen and oxygen atoms in total. The molecule has 0 atom stereocenters. The molecule has 1 aromatic heterocycles. The summed E-state index contributed by atoms with van der Waals surface area (Å²) in [5.41, 5.74) is 2.60. The zero-order chi connectivity index (χ0) is 18.5. The number of hydrogen-bond donors (Lipinski definition) is 1. The van der Waals surface area contributed by atoms with Gasteiger partial charge in [-0.3, -0.25) is 14.9 Å². The van der Waals surface area contributed by atoms with Crippen molar-refractivity contribution in [1.82, 2.24) is 19.7 Å². The average molecular weight is 355 g/mol. The standard InChI is InChI=1S/C19H25N5O2/c1-14-7-8-16(15(2)11-14)18(26)21-19-20-13-24(22-19)12-17(25)23-9-5-3-4-6-10-23/h7-8,11,13H,3-6,9-10,12H2,1-2H3,(H,21,22,26). The van der Waals surface area contributed by atoms with Gasteiger partial charge >= 0.3 is 0 Å². The van der Waals surface area contributed by atoms with Gasteiger partial charge in [0.05, 0.1) is 0 Å². The monoisotopic (exact) mass is 355 g/mol. The van der Waals surface area contributed by atoms with Crippen molar-refractivity contribution in [2.24, 2.45) is 0 Å². The summed E-state index contributed by atoms with van der Waals surface area (Å²) in [7, 11) is 0. The minimum absolute atomic E-state index is 0.0454. The topological polar surface area (TPSA) is 80.1 Å². The number of rotatable bonds is 4. The molecular formula is C19H25N5O2. The van der Waals surface area contributed by atoms with Crippen LogP contribution in [-0.2, 0) is 11.3 Å². The third-order valence-corrected chi connectivity index (χ3v) is 4.64. The normalized spacial score (nSPS) is 14.8. The Morgan fingerprint density at radius 2 is 1.85 bits per heavy atom. The summed E-state index contributed by atoms with van der Waals surface area (Å²) in [5, 5.41) is 6.90. The van der Waals surface area contributed by atoms with Crippen molar-refractivity contribution < 1.29 is 9.59 Å². The summed E-state index contributed by atoms with van der Waals surface area (Å²) in [6.07, 6.45) is 5.96. The summed E-state index contributed by atoms with van der Waals surface area (Å²) < 4.78 is 1.48. The molecular weight excluding hydrogens is 330 g/mol. The van der Waals surface area contributed by atoms with Gasteiger partial charge in [-0.1, -0.05) is 30.5 Å². The fourth-order valence-electron chi connectivity index (χ4n) is 3.22. The predicted octanol–water partition coefficient (Wildman–Crippen LogP) is 2.55. The van der Waals surface area contributed by atoms with Gasteiger partial charge in [0.25, 0.3) is 5.91 Å². The Balaban J connectivity index is 1.60. The highest BCUT2D eigenvalue weighted by atomic mass is 16.2. The third kappa shape index (κ3) is 4.47. The number of aryl methyl sites for hydroxylation is 2. The Bertz CT molecular complexity index is 791. The van der Waals surface area contributed by atoms with E-state index in [1.54, 1.807) is 6.07 Å². The molecule has 0 bridgehead atoms. The molecule has 0 radical (unpaired) electrons. The first kappa shape index (κ1) is 18.1. The molecule has 0 spiro atoms. The molecule has 1 N–H and O–H groups in total. The molecule has 0 unspecified atom stereocenters. The highest BCUT2D eigenvalue weighted by Crippen LogP contribution is 2.13. The fourth-order valence-corrected chi connectivity index (χ4v) is 3.22. The zero-order valence-corrected chi connectivity index (χ0v) is 15.4. The summed E-state index contributed by atoms with van der Waals surface area (Å²) in [5.74, 6) is 0.00166. The van der Waals surface area contributed by atoms with Crippen LogP contribution in [0.5, 0.6) is 0 Å². The molecule has 2 heterocycles. The summed E-state index contributed by atoms with van der Waals surface area (Å²) in [4.78, 5) is 30.8. The van der Waals surface area contributed by atoms with Crippen LogP contribution in [0.3, 0.4) is 0 Å². The molecule has 2 amide bonds. The SMILES string of the molecule is Cc1ccc(C(=O)Nc2ncn(CC(=O)N3CCCCCC3)n2)c(C)c1. The molecule has 0 aliphatic carbocycles. The first-order valence-electron chi connectivity index (χ1n) is 9.09. The van der Waals surface area contributed by atoms with E-state index in [-0.39, 0.29) is 24.3 Å². The number of aromatic nitrogens is 3. The Kier molecular flexibility index (Phi) is 5.65. The first-order chi connectivity index (χ1) is 12.5. The van der Waals surface area contributed by atoms with E-state index in [9.17, 15) is 9.59 Å². The summed E-state index contributed by atoms with van der Waals surface area (Å²) in [6, 6.07) is 5.65. The Labute approximate surface area is 153 Å². The quantitative estimate of drug-likeness (QED) is 0.914. The molecule has 2 aromatic rings. The van der Waals surface area contributed by atoms with Gasteiger partial charge in [-0.25, -0.2) is 9.67 Å². The lowest BCUT2D eigenvalue weighted by atomic mass is 10.1. The van der Waals surface area contributed by atoms with Crippen LogP contribution >= 0.6 is 0 Å².